The molecule has 1 aliphatic heterocycles. The molecule has 0 bridgehead atoms. The smallest absolute Gasteiger partial charge is 0.243 e. The molecule has 0 spiro atoms. The summed E-state index contributed by atoms with van der Waals surface area (Å²) in [5.41, 5.74) is 1.89. The lowest BCUT2D eigenvalue weighted by molar-refractivity contribution is 0.340. The fourth-order valence-corrected chi connectivity index (χ4v) is 4.77. The third-order valence-electron chi connectivity index (χ3n) is 4.76. The fourth-order valence-electron chi connectivity index (χ4n) is 3.27. The molecule has 1 aliphatic rings. The molecule has 146 valence electrons. The van der Waals surface area contributed by atoms with Gasteiger partial charge in [-0.15, -0.1) is 0 Å². The third-order valence-corrected chi connectivity index (χ3v) is 6.65. The van der Waals surface area contributed by atoms with Gasteiger partial charge in [0.1, 0.15) is 11.5 Å². The Labute approximate surface area is 161 Å². The molecule has 6 nitrogen and oxygen atoms in total. The number of rotatable bonds is 6. The summed E-state index contributed by atoms with van der Waals surface area (Å²) < 4.78 is 38.1. The van der Waals surface area contributed by atoms with Gasteiger partial charge >= 0.3 is 0 Å². The van der Waals surface area contributed by atoms with Crippen LogP contribution in [0.1, 0.15) is 12.5 Å². The average Bonchev–Trinajstić information content (AvgIpc) is 2.69. The van der Waals surface area contributed by atoms with E-state index in [0.717, 1.165) is 17.0 Å². The lowest BCUT2D eigenvalue weighted by Gasteiger charge is -2.35. The SMILES string of the molecule is CCOc1ccc(N2CCN(S(=O)(=O)c3ccc(OC)c(C)c3)CC2)cc1. The Morgan fingerprint density at radius 2 is 1.67 bits per heavy atom. The van der Waals surface area contributed by atoms with E-state index in [1.807, 2.05) is 38.1 Å². The summed E-state index contributed by atoms with van der Waals surface area (Å²) in [6.45, 7) is 6.67. The minimum atomic E-state index is -3.50. The number of anilines is 1. The molecule has 2 aromatic rings. The van der Waals surface area contributed by atoms with Crippen LogP contribution in [0, 0.1) is 6.92 Å². The minimum absolute atomic E-state index is 0.315. The Bertz CT molecular complexity index is 873. The number of methoxy groups -OCH3 is 1. The number of nitrogens with zero attached hydrogens (tertiary/aromatic N) is 2. The fraction of sp³-hybridized carbons (Fsp3) is 0.400. The highest BCUT2D eigenvalue weighted by atomic mass is 32.2. The molecule has 27 heavy (non-hydrogen) atoms. The van der Waals surface area contributed by atoms with Crippen molar-refractivity contribution in [3.63, 3.8) is 0 Å². The van der Waals surface area contributed by atoms with Crippen LogP contribution in [0.4, 0.5) is 5.69 Å². The average molecular weight is 391 g/mol. The standard InChI is InChI=1S/C20H26N2O4S/c1-4-26-18-7-5-17(6-8-18)21-11-13-22(14-12-21)27(23,24)19-9-10-20(25-3)16(2)15-19/h5-10,15H,4,11-14H2,1-3H3. The van der Waals surface area contributed by atoms with Crippen LogP contribution >= 0.6 is 0 Å². The number of ether oxygens (including phenoxy) is 2. The van der Waals surface area contributed by atoms with Gasteiger partial charge in [-0.2, -0.15) is 4.31 Å². The molecule has 0 amide bonds. The molecule has 1 saturated heterocycles. The molecule has 0 aromatic heterocycles. The highest BCUT2D eigenvalue weighted by molar-refractivity contribution is 7.89. The highest BCUT2D eigenvalue weighted by Gasteiger charge is 2.29. The van der Waals surface area contributed by atoms with E-state index in [1.54, 1.807) is 29.6 Å². The summed E-state index contributed by atoms with van der Waals surface area (Å²) in [7, 11) is -1.92. The second kappa shape index (κ2) is 8.19. The molecule has 1 fully saturated rings. The van der Waals surface area contributed by atoms with Gasteiger partial charge in [0.25, 0.3) is 0 Å². The Morgan fingerprint density at radius 1 is 1.00 bits per heavy atom. The maximum atomic E-state index is 12.9. The van der Waals surface area contributed by atoms with Crippen molar-refractivity contribution in [2.24, 2.45) is 0 Å². The zero-order valence-electron chi connectivity index (χ0n) is 16.0. The zero-order chi connectivity index (χ0) is 19.4. The lowest BCUT2D eigenvalue weighted by atomic mass is 10.2. The van der Waals surface area contributed by atoms with Crippen LogP contribution < -0.4 is 14.4 Å². The normalized spacial score (nSPS) is 15.6. The molecule has 0 saturated carbocycles. The summed E-state index contributed by atoms with van der Waals surface area (Å²) in [4.78, 5) is 2.51. The number of hydrogen-bond acceptors (Lipinski definition) is 5. The topological polar surface area (TPSA) is 59.1 Å². The maximum Gasteiger partial charge on any atom is 0.243 e. The van der Waals surface area contributed by atoms with Crippen LogP contribution in [0.5, 0.6) is 11.5 Å². The predicted octanol–water partition coefficient (Wildman–Crippen LogP) is 2.91. The van der Waals surface area contributed by atoms with Crippen molar-refractivity contribution < 1.29 is 17.9 Å². The molecule has 0 atom stereocenters. The first-order valence-corrected chi connectivity index (χ1v) is 10.5. The molecular formula is C20H26N2O4S. The number of aryl methyl sites for hydroxylation is 1. The van der Waals surface area contributed by atoms with Crippen LogP contribution in [-0.4, -0.2) is 52.6 Å². The van der Waals surface area contributed by atoms with Crippen molar-refractivity contribution in [2.45, 2.75) is 18.7 Å². The first-order valence-electron chi connectivity index (χ1n) is 9.08. The van der Waals surface area contributed by atoms with Gasteiger partial charge in [-0.05, 0) is 61.9 Å². The summed E-state index contributed by atoms with van der Waals surface area (Å²) in [5, 5.41) is 0. The van der Waals surface area contributed by atoms with Gasteiger partial charge in [0, 0.05) is 31.9 Å². The van der Waals surface area contributed by atoms with Gasteiger partial charge in [0.05, 0.1) is 18.6 Å². The Hall–Kier alpha value is -2.25. The molecule has 3 rings (SSSR count). The molecule has 2 aromatic carbocycles. The van der Waals surface area contributed by atoms with Crippen LogP contribution in [-0.2, 0) is 10.0 Å². The second-order valence-electron chi connectivity index (χ2n) is 6.45. The van der Waals surface area contributed by atoms with Gasteiger partial charge in [0.2, 0.25) is 10.0 Å². The third kappa shape index (κ3) is 4.20. The molecule has 0 aliphatic carbocycles. The van der Waals surface area contributed by atoms with E-state index in [0.29, 0.717) is 43.4 Å². The quantitative estimate of drug-likeness (QED) is 0.759. The van der Waals surface area contributed by atoms with Crippen molar-refractivity contribution in [1.29, 1.82) is 0 Å². The first-order chi connectivity index (χ1) is 13.0. The van der Waals surface area contributed by atoms with Crippen molar-refractivity contribution in [3.8, 4) is 11.5 Å². The van der Waals surface area contributed by atoms with E-state index in [9.17, 15) is 8.42 Å². The van der Waals surface area contributed by atoms with E-state index in [4.69, 9.17) is 9.47 Å². The lowest BCUT2D eigenvalue weighted by Crippen LogP contribution is -2.48. The van der Waals surface area contributed by atoms with E-state index >= 15 is 0 Å². The minimum Gasteiger partial charge on any atom is -0.496 e. The van der Waals surface area contributed by atoms with Crippen LogP contribution in [0.25, 0.3) is 0 Å². The van der Waals surface area contributed by atoms with Crippen LogP contribution in [0.3, 0.4) is 0 Å². The molecule has 1 heterocycles. The Morgan fingerprint density at radius 3 is 2.22 bits per heavy atom. The summed E-state index contributed by atoms with van der Waals surface area (Å²) in [5.74, 6) is 1.53. The molecule has 7 heteroatoms. The zero-order valence-corrected chi connectivity index (χ0v) is 16.8. The van der Waals surface area contributed by atoms with Crippen molar-refractivity contribution in [2.75, 3.05) is 44.8 Å². The van der Waals surface area contributed by atoms with Crippen LogP contribution in [0.2, 0.25) is 0 Å². The number of sulfonamides is 1. The number of hydrogen-bond donors (Lipinski definition) is 0. The Balaban J connectivity index is 1.68. The maximum absolute atomic E-state index is 12.9. The second-order valence-corrected chi connectivity index (χ2v) is 8.39. The number of piperazine rings is 1. The van der Waals surface area contributed by atoms with Gasteiger partial charge in [0.15, 0.2) is 0 Å². The van der Waals surface area contributed by atoms with Gasteiger partial charge < -0.3 is 14.4 Å². The first kappa shape index (κ1) is 19.5. The monoisotopic (exact) mass is 390 g/mol. The summed E-state index contributed by atoms with van der Waals surface area (Å²) in [6, 6.07) is 12.9. The Kier molecular flexibility index (Phi) is 5.92. The highest BCUT2D eigenvalue weighted by Crippen LogP contribution is 2.26. The van der Waals surface area contributed by atoms with E-state index in [-0.39, 0.29) is 0 Å². The van der Waals surface area contributed by atoms with Gasteiger partial charge in [-0.3, -0.25) is 0 Å². The molecule has 0 N–H and O–H groups in total. The van der Waals surface area contributed by atoms with Gasteiger partial charge in [-0.1, -0.05) is 0 Å². The van der Waals surface area contributed by atoms with Crippen LogP contribution in [0.15, 0.2) is 47.4 Å². The van der Waals surface area contributed by atoms with E-state index in [1.165, 1.54) is 0 Å². The van der Waals surface area contributed by atoms with Gasteiger partial charge in [-0.25, -0.2) is 8.42 Å². The van der Waals surface area contributed by atoms with E-state index < -0.39 is 10.0 Å². The van der Waals surface area contributed by atoms with Crippen molar-refractivity contribution in [3.05, 3.63) is 48.0 Å². The largest absolute Gasteiger partial charge is 0.496 e. The summed E-state index contributed by atoms with van der Waals surface area (Å²) >= 11 is 0. The molecular weight excluding hydrogens is 364 g/mol. The number of benzene rings is 2. The predicted molar refractivity (Wildman–Crippen MR) is 106 cm³/mol. The summed E-state index contributed by atoms with van der Waals surface area (Å²) in [6.07, 6.45) is 0. The van der Waals surface area contributed by atoms with E-state index in [2.05, 4.69) is 4.90 Å². The van der Waals surface area contributed by atoms with Crippen molar-refractivity contribution >= 4 is 15.7 Å². The van der Waals surface area contributed by atoms with Crippen molar-refractivity contribution in [1.82, 2.24) is 4.31 Å². The molecule has 0 radical (unpaired) electrons. The molecule has 0 unspecified atom stereocenters.